The predicted octanol–water partition coefficient (Wildman–Crippen LogP) is 8.59. The maximum absolute atomic E-state index is 13.6. The van der Waals surface area contributed by atoms with Crippen LogP contribution >= 0.6 is 22.7 Å². The number of fused-ring (bicyclic) bond motifs is 1. The number of benzene rings is 3. The molecule has 1 unspecified atom stereocenters. The molecule has 1 aliphatic heterocycles. The second-order valence-electron chi connectivity index (χ2n) is 11.1. The summed E-state index contributed by atoms with van der Waals surface area (Å²) in [6.07, 6.45) is 3.51. The quantitative estimate of drug-likeness (QED) is 0.189. The van der Waals surface area contributed by atoms with Crippen LogP contribution in [0.2, 0.25) is 0 Å². The van der Waals surface area contributed by atoms with Crippen LogP contribution in [0.4, 0.5) is 8.78 Å². The van der Waals surface area contributed by atoms with Gasteiger partial charge < -0.3 is 14.4 Å². The number of likely N-dealkylation sites (tertiary alicyclic amines) is 1. The molecular formula is C35H30F2N4O4S2. The molecule has 1 fully saturated rings. The highest BCUT2D eigenvalue weighted by atomic mass is 32.1. The van der Waals surface area contributed by atoms with E-state index in [2.05, 4.69) is 15.0 Å². The van der Waals surface area contributed by atoms with Gasteiger partial charge in [0.15, 0.2) is 17.2 Å². The van der Waals surface area contributed by atoms with Gasteiger partial charge >= 0.3 is 5.97 Å². The topological polar surface area (TPSA) is 109 Å². The number of rotatable bonds is 6. The maximum atomic E-state index is 13.6. The number of amides is 1. The van der Waals surface area contributed by atoms with Crippen LogP contribution < -0.4 is 0 Å². The molecule has 1 saturated heterocycles. The molecule has 0 aliphatic carbocycles. The van der Waals surface area contributed by atoms with Crippen molar-refractivity contribution in [2.75, 3.05) is 6.54 Å². The van der Waals surface area contributed by atoms with Gasteiger partial charge in [0.1, 0.15) is 22.8 Å². The molecule has 1 aliphatic rings. The molecule has 0 bridgehead atoms. The van der Waals surface area contributed by atoms with Gasteiger partial charge in [-0.3, -0.25) is 4.79 Å². The molecule has 0 radical (unpaired) electrons. The van der Waals surface area contributed by atoms with Gasteiger partial charge in [0.2, 0.25) is 0 Å². The Kier molecular flexibility index (Phi) is 9.50. The van der Waals surface area contributed by atoms with E-state index in [0.29, 0.717) is 40.0 Å². The van der Waals surface area contributed by atoms with Crippen molar-refractivity contribution in [1.82, 2.24) is 19.9 Å². The summed E-state index contributed by atoms with van der Waals surface area (Å²) in [5.74, 6) is -1.14. The van der Waals surface area contributed by atoms with Gasteiger partial charge in [-0.1, -0.05) is 36.4 Å². The number of aromatic carboxylic acids is 1. The van der Waals surface area contributed by atoms with Gasteiger partial charge in [0, 0.05) is 19.0 Å². The fourth-order valence-electron chi connectivity index (χ4n) is 5.56. The van der Waals surface area contributed by atoms with Gasteiger partial charge in [0.25, 0.3) is 5.91 Å². The third-order valence-corrected chi connectivity index (χ3v) is 9.76. The SMILES string of the molecule is Cc1nc(C(=O)N2CCCCC2Cc2nc3ccccc3o2)c(-c2ccc(F)cc2)s1.Cc1nc(C(=O)O)c(-c2ccc(F)cc2)s1. The minimum Gasteiger partial charge on any atom is -0.476 e. The van der Waals surface area contributed by atoms with Crippen LogP contribution in [0.3, 0.4) is 0 Å². The fourth-order valence-corrected chi connectivity index (χ4v) is 7.39. The molecule has 7 rings (SSSR count). The second-order valence-corrected chi connectivity index (χ2v) is 13.5. The maximum Gasteiger partial charge on any atom is 0.356 e. The number of halogens is 2. The zero-order chi connectivity index (χ0) is 33.1. The van der Waals surface area contributed by atoms with Crippen LogP contribution in [0.25, 0.3) is 32.0 Å². The Morgan fingerprint density at radius 1 is 0.830 bits per heavy atom. The number of para-hydroxylation sites is 2. The number of aromatic nitrogens is 3. The van der Waals surface area contributed by atoms with Crippen LogP contribution in [0.5, 0.6) is 0 Å². The summed E-state index contributed by atoms with van der Waals surface area (Å²) < 4.78 is 32.0. The zero-order valence-electron chi connectivity index (χ0n) is 25.6. The summed E-state index contributed by atoms with van der Waals surface area (Å²) in [5.41, 5.74) is 3.54. The lowest BCUT2D eigenvalue weighted by molar-refractivity contribution is 0.0600. The molecule has 8 nitrogen and oxygen atoms in total. The van der Waals surface area contributed by atoms with E-state index in [0.717, 1.165) is 45.8 Å². The number of oxazole rings is 1. The molecule has 6 aromatic rings. The molecule has 1 atom stereocenters. The van der Waals surface area contributed by atoms with E-state index in [1.807, 2.05) is 36.1 Å². The van der Waals surface area contributed by atoms with Gasteiger partial charge in [-0.15, -0.1) is 22.7 Å². The highest BCUT2D eigenvalue weighted by molar-refractivity contribution is 7.15. The van der Waals surface area contributed by atoms with Crippen LogP contribution in [0.15, 0.2) is 77.2 Å². The normalized spacial score (nSPS) is 14.6. The van der Waals surface area contributed by atoms with E-state index < -0.39 is 5.97 Å². The first-order valence-electron chi connectivity index (χ1n) is 15.0. The Morgan fingerprint density at radius 2 is 1.40 bits per heavy atom. The largest absolute Gasteiger partial charge is 0.476 e. The van der Waals surface area contributed by atoms with Gasteiger partial charge in [-0.2, -0.15) is 0 Å². The third kappa shape index (κ3) is 7.28. The van der Waals surface area contributed by atoms with Crippen molar-refractivity contribution >= 4 is 45.6 Å². The standard InChI is InChI=1S/C24H22FN3O2S.C11H8FNO2S/c1-15-26-22(23(31-15)16-9-11-17(25)12-10-16)24(29)28-13-5-4-6-18(28)14-21-27-19-7-2-3-8-20(19)30-21;1-6-13-9(11(14)15)10(16-6)7-2-4-8(12)5-3-7/h2-3,7-12,18H,4-6,13-14H2,1H3;2-5H,1H3,(H,14,15). The summed E-state index contributed by atoms with van der Waals surface area (Å²) in [6.45, 7) is 4.31. The van der Waals surface area contributed by atoms with E-state index in [1.54, 1.807) is 31.2 Å². The highest BCUT2D eigenvalue weighted by Gasteiger charge is 2.32. The Morgan fingerprint density at radius 3 is 2.00 bits per heavy atom. The molecule has 0 spiro atoms. The van der Waals surface area contributed by atoms with Crippen molar-refractivity contribution in [1.29, 1.82) is 0 Å². The summed E-state index contributed by atoms with van der Waals surface area (Å²) >= 11 is 2.75. The number of aryl methyl sites for hydroxylation is 2. The summed E-state index contributed by atoms with van der Waals surface area (Å²) in [7, 11) is 0. The molecule has 4 heterocycles. The molecule has 3 aromatic heterocycles. The number of carboxylic acids is 1. The number of piperidine rings is 1. The van der Waals surface area contributed by atoms with Gasteiger partial charge in [-0.25, -0.2) is 28.5 Å². The molecule has 12 heteroatoms. The van der Waals surface area contributed by atoms with Crippen molar-refractivity contribution < 1.29 is 27.9 Å². The average Bonchev–Trinajstić information content (AvgIpc) is 3.78. The number of hydrogen-bond acceptors (Lipinski definition) is 8. The van der Waals surface area contributed by atoms with E-state index >= 15 is 0 Å². The molecule has 0 saturated carbocycles. The zero-order valence-corrected chi connectivity index (χ0v) is 27.2. The Hall–Kier alpha value is -4.81. The Labute approximate surface area is 277 Å². The summed E-state index contributed by atoms with van der Waals surface area (Å²) in [5, 5.41) is 10.5. The first kappa shape index (κ1) is 32.1. The lowest BCUT2D eigenvalue weighted by atomic mass is 9.98. The first-order chi connectivity index (χ1) is 22.7. The minimum atomic E-state index is -1.07. The van der Waals surface area contributed by atoms with Crippen LogP contribution in [0.1, 0.15) is 56.1 Å². The highest BCUT2D eigenvalue weighted by Crippen LogP contribution is 2.33. The molecule has 1 amide bonds. The predicted molar refractivity (Wildman–Crippen MR) is 178 cm³/mol. The van der Waals surface area contributed by atoms with Crippen LogP contribution in [0, 0.1) is 25.5 Å². The number of carboxylic acid groups (broad SMARTS) is 1. The molecule has 240 valence electrons. The van der Waals surface area contributed by atoms with Crippen LogP contribution in [-0.4, -0.2) is 49.4 Å². The average molecular weight is 673 g/mol. The molecular weight excluding hydrogens is 643 g/mol. The molecule has 3 aromatic carbocycles. The van der Waals surface area contributed by atoms with Crippen molar-refractivity contribution in [3.63, 3.8) is 0 Å². The van der Waals surface area contributed by atoms with Gasteiger partial charge in [0.05, 0.1) is 19.8 Å². The van der Waals surface area contributed by atoms with E-state index in [4.69, 9.17) is 9.52 Å². The monoisotopic (exact) mass is 672 g/mol. The lowest BCUT2D eigenvalue weighted by Crippen LogP contribution is -2.45. The van der Waals surface area contributed by atoms with E-state index in [9.17, 15) is 18.4 Å². The van der Waals surface area contributed by atoms with Crippen molar-refractivity contribution in [3.8, 4) is 20.9 Å². The Balaban J connectivity index is 0.000000203. The van der Waals surface area contributed by atoms with Crippen molar-refractivity contribution in [2.45, 2.75) is 45.6 Å². The summed E-state index contributed by atoms with van der Waals surface area (Å²) in [4.78, 5) is 40.9. The van der Waals surface area contributed by atoms with Gasteiger partial charge in [-0.05, 0) is 80.6 Å². The molecule has 47 heavy (non-hydrogen) atoms. The fraction of sp³-hybridized carbons (Fsp3) is 0.229. The van der Waals surface area contributed by atoms with E-state index in [-0.39, 0.29) is 29.3 Å². The first-order valence-corrected chi connectivity index (χ1v) is 16.6. The van der Waals surface area contributed by atoms with Crippen LogP contribution in [-0.2, 0) is 6.42 Å². The number of hydrogen-bond donors (Lipinski definition) is 1. The lowest BCUT2D eigenvalue weighted by Gasteiger charge is -2.35. The molecule has 1 N–H and O–H groups in total. The smallest absolute Gasteiger partial charge is 0.356 e. The van der Waals surface area contributed by atoms with Crippen molar-refractivity contribution in [2.24, 2.45) is 0 Å². The van der Waals surface area contributed by atoms with E-state index in [1.165, 1.54) is 46.9 Å². The number of nitrogens with zero attached hydrogens (tertiary/aromatic N) is 4. The minimum absolute atomic E-state index is 0.0115. The number of carbonyl (C=O) groups excluding carboxylic acids is 1. The third-order valence-electron chi connectivity index (χ3n) is 7.72. The second kappa shape index (κ2) is 13.9. The number of carbonyl (C=O) groups is 2. The number of thiazole rings is 2. The Bertz CT molecular complexity index is 2000. The summed E-state index contributed by atoms with van der Waals surface area (Å²) in [6, 6.07) is 19.6. The van der Waals surface area contributed by atoms with Crippen molar-refractivity contribution in [3.05, 3.63) is 112 Å².